The third kappa shape index (κ3) is 4.42. The fraction of sp³-hybridized carbons (Fsp3) is 0.211. The highest BCUT2D eigenvalue weighted by Gasteiger charge is 2.12. The van der Waals surface area contributed by atoms with Gasteiger partial charge in [-0.2, -0.15) is 0 Å². The van der Waals surface area contributed by atoms with Crippen LogP contribution in [0.25, 0.3) is 10.2 Å². The number of anilines is 1. The number of carbonyl (C=O) groups excluding carboxylic acids is 2. The van der Waals surface area contributed by atoms with Crippen LogP contribution in [0.3, 0.4) is 0 Å². The number of rotatable bonds is 7. The number of ketones is 1. The fourth-order valence-corrected chi connectivity index (χ4v) is 3.30. The lowest BCUT2D eigenvalue weighted by molar-refractivity contribution is -0.116. The predicted molar refractivity (Wildman–Crippen MR) is 99.4 cm³/mol. The average Bonchev–Trinajstić information content (AvgIpc) is 3.02. The van der Waals surface area contributed by atoms with Crippen molar-refractivity contribution in [2.75, 3.05) is 11.9 Å². The maximum absolute atomic E-state index is 12.1. The van der Waals surface area contributed by atoms with E-state index in [1.54, 1.807) is 12.1 Å². The molecule has 6 heteroatoms. The van der Waals surface area contributed by atoms with E-state index in [2.05, 4.69) is 10.3 Å². The van der Waals surface area contributed by atoms with Gasteiger partial charge in [-0.05, 0) is 25.1 Å². The van der Waals surface area contributed by atoms with E-state index in [1.807, 2.05) is 43.3 Å². The first-order valence-corrected chi connectivity index (χ1v) is 8.89. The first-order chi connectivity index (χ1) is 12.2. The third-order valence-electron chi connectivity index (χ3n) is 3.59. The fourth-order valence-electron chi connectivity index (χ4n) is 2.39. The monoisotopic (exact) mass is 354 g/mol. The van der Waals surface area contributed by atoms with Gasteiger partial charge in [-0.25, -0.2) is 4.98 Å². The summed E-state index contributed by atoms with van der Waals surface area (Å²) in [5.74, 6) is 0.528. The normalized spacial score (nSPS) is 10.6. The van der Waals surface area contributed by atoms with Gasteiger partial charge >= 0.3 is 0 Å². The van der Waals surface area contributed by atoms with Gasteiger partial charge in [-0.1, -0.05) is 41.7 Å². The molecule has 128 valence electrons. The summed E-state index contributed by atoms with van der Waals surface area (Å²) in [5, 5.41) is 3.29. The van der Waals surface area contributed by atoms with E-state index >= 15 is 0 Å². The number of Topliss-reactive ketones (excluding diaryl/α,β-unsaturated/α-hetero) is 1. The molecular weight excluding hydrogens is 336 g/mol. The quantitative estimate of drug-likeness (QED) is 0.643. The van der Waals surface area contributed by atoms with Crippen LogP contribution in [0.15, 0.2) is 48.5 Å². The summed E-state index contributed by atoms with van der Waals surface area (Å²) < 4.78 is 6.41. The third-order valence-corrected chi connectivity index (χ3v) is 4.53. The molecule has 2 aromatic carbocycles. The van der Waals surface area contributed by atoms with Crippen LogP contribution in [-0.4, -0.2) is 23.3 Å². The molecule has 1 N–H and O–H groups in total. The first kappa shape index (κ1) is 17.1. The smallest absolute Gasteiger partial charge is 0.226 e. The maximum atomic E-state index is 12.1. The number of hydrogen-bond donors (Lipinski definition) is 1. The Morgan fingerprint density at radius 1 is 1.12 bits per heavy atom. The van der Waals surface area contributed by atoms with Crippen LogP contribution in [0.2, 0.25) is 0 Å². The van der Waals surface area contributed by atoms with Crippen molar-refractivity contribution in [2.24, 2.45) is 0 Å². The van der Waals surface area contributed by atoms with E-state index in [1.165, 1.54) is 11.3 Å². The van der Waals surface area contributed by atoms with Gasteiger partial charge in [0.05, 0.1) is 16.8 Å². The second kappa shape index (κ2) is 7.90. The van der Waals surface area contributed by atoms with Crippen LogP contribution in [0.1, 0.15) is 30.1 Å². The molecule has 0 atom stereocenters. The Labute approximate surface area is 149 Å². The van der Waals surface area contributed by atoms with E-state index in [-0.39, 0.29) is 24.5 Å². The highest BCUT2D eigenvalue weighted by atomic mass is 32.1. The molecule has 0 saturated heterocycles. The molecule has 0 aliphatic heterocycles. The maximum Gasteiger partial charge on any atom is 0.226 e. The van der Waals surface area contributed by atoms with E-state index in [4.69, 9.17) is 4.74 Å². The minimum atomic E-state index is -0.214. The number of fused-ring (bicyclic) bond motifs is 1. The number of thiazole rings is 1. The van der Waals surface area contributed by atoms with E-state index < -0.39 is 0 Å². The van der Waals surface area contributed by atoms with Gasteiger partial charge in [-0.3, -0.25) is 9.59 Å². The molecule has 1 heterocycles. The van der Waals surface area contributed by atoms with Crippen molar-refractivity contribution in [1.29, 1.82) is 0 Å². The highest BCUT2D eigenvalue weighted by molar-refractivity contribution is 7.22. The molecule has 0 aliphatic carbocycles. The summed E-state index contributed by atoms with van der Waals surface area (Å²) in [5.41, 5.74) is 1.43. The minimum Gasteiger partial charge on any atom is -0.494 e. The van der Waals surface area contributed by atoms with E-state index in [0.29, 0.717) is 17.3 Å². The second-order valence-electron chi connectivity index (χ2n) is 5.42. The minimum absolute atomic E-state index is 0.0404. The molecule has 0 aliphatic rings. The molecule has 25 heavy (non-hydrogen) atoms. The second-order valence-corrected chi connectivity index (χ2v) is 6.45. The molecule has 0 unspecified atom stereocenters. The lowest BCUT2D eigenvalue weighted by atomic mass is 10.1. The van der Waals surface area contributed by atoms with Crippen molar-refractivity contribution in [3.63, 3.8) is 0 Å². The molecule has 3 rings (SSSR count). The highest BCUT2D eigenvalue weighted by Crippen LogP contribution is 2.29. The van der Waals surface area contributed by atoms with Crippen LogP contribution >= 0.6 is 11.3 Å². The van der Waals surface area contributed by atoms with Gasteiger partial charge in [0.15, 0.2) is 10.9 Å². The van der Waals surface area contributed by atoms with Crippen molar-refractivity contribution in [2.45, 2.75) is 19.8 Å². The number of benzene rings is 2. The number of carbonyl (C=O) groups is 2. The Bertz CT molecular complexity index is 890. The topological polar surface area (TPSA) is 68.3 Å². The van der Waals surface area contributed by atoms with Gasteiger partial charge in [0.1, 0.15) is 5.75 Å². The lowest BCUT2D eigenvalue weighted by Gasteiger charge is -2.01. The SMILES string of the molecule is CCOc1ccc2nc(NC(=O)CCC(=O)c3ccccc3)sc2c1. The Kier molecular flexibility index (Phi) is 5.40. The number of hydrogen-bond acceptors (Lipinski definition) is 5. The molecule has 0 fully saturated rings. The number of nitrogens with one attached hydrogen (secondary N) is 1. The number of ether oxygens (including phenoxy) is 1. The molecular formula is C19H18N2O3S. The van der Waals surface area contributed by atoms with Gasteiger partial charge in [0, 0.05) is 18.4 Å². The molecule has 3 aromatic rings. The van der Waals surface area contributed by atoms with Crippen molar-refractivity contribution in [3.8, 4) is 5.75 Å². The van der Waals surface area contributed by atoms with Gasteiger partial charge in [0.2, 0.25) is 5.91 Å². The number of nitrogens with zero attached hydrogens (tertiary/aromatic N) is 1. The molecule has 1 amide bonds. The summed E-state index contributed by atoms with van der Waals surface area (Å²) >= 11 is 1.39. The molecule has 0 saturated carbocycles. The van der Waals surface area contributed by atoms with E-state index in [9.17, 15) is 9.59 Å². The zero-order valence-corrected chi connectivity index (χ0v) is 14.6. The largest absolute Gasteiger partial charge is 0.494 e. The Morgan fingerprint density at radius 2 is 1.92 bits per heavy atom. The van der Waals surface area contributed by atoms with Crippen LogP contribution in [-0.2, 0) is 4.79 Å². The zero-order chi connectivity index (χ0) is 17.6. The Balaban J connectivity index is 1.59. The van der Waals surface area contributed by atoms with Crippen molar-refractivity contribution in [1.82, 2.24) is 4.98 Å². The molecule has 1 aromatic heterocycles. The standard InChI is InChI=1S/C19H18N2O3S/c1-2-24-14-8-9-15-17(12-14)25-19(20-15)21-18(23)11-10-16(22)13-6-4-3-5-7-13/h3-9,12H,2,10-11H2,1H3,(H,20,21,23). The predicted octanol–water partition coefficient (Wildman–Crippen LogP) is 4.30. The number of amides is 1. The average molecular weight is 354 g/mol. The first-order valence-electron chi connectivity index (χ1n) is 8.07. The van der Waals surface area contributed by atoms with Crippen molar-refractivity contribution in [3.05, 3.63) is 54.1 Å². The van der Waals surface area contributed by atoms with Crippen LogP contribution in [0.5, 0.6) is 5.75 Å². The lowest BCUT2D eigenvalue weighted by Crippen LogP contribution is -2.13. The van der Waals surface area contributed by atoms with E-state index in [0.717, 1.165) is 16.0 Å². The summed E-state index contributed by atoms with van der Waals surface area (Å²) in [6.45, 7) is 2.53. The summed E-state index contributed by atoms with van der Waals surface area (Å²) in [6.07, 6.45) is 0.309. The van der Waals surface area contributed by atoms with Crippen LogP contribution in [0.4, 0.5) is 5.13 Å². The summed E-state index contributed by atoms with van der Waals surface area (Å²) in [4.78, 5) is 28.5. The van der Waals surface area contributed by atoms with Crippen LogP contribution < -0.4 is 10.1 Å². The van der Waals surface area contributed by atoms with Crippen molar-refractivity contribution >= 4 is 38.4 Å². The Morgan fingerprint density at radius 3 is 2.68 bits per heavy atom. The van der Waals surface area contributed by atoms with Gasteiger partial charge in [0.25, 0.3) is 0 Å². The number of aromatic nitrogens is 1. The van der Waals surface area contributed by atoms with Crippen molar-refractivity contribution < 1.29 is 14.3 Å². The molecule has 0 bridgehead atoms. The molecule has 0 spiro atoms. The molecule has 0 radical (unpaired) electrons. The van der Waals surface area contributed by atoms with Crippen LogP contribution in [0, 0.1) is 0 Å². The summed E-state index contributed by atoms with van der Waals surface area (Å²) in [7, 11) is 0. The Hall–Kier alpha value is -2.73. The van der Waals surface area contributed by atoms with Gasteiger partial charge < -0.3 is 10.1 Å². The van der Waals surface area contributed by atoms with Gasteiger partial charge in [-0.15, -0.1) is 0 Å². The zero-order valence-electron chi connectivity index (χ0n) is 13.8. The molecule has 5 nitrogen and oxygen atoms in total. The summed E-state index contributed by atoms with van der Waals surface area (Å²) in [6, 6.07) is 14.6.